The first-order valence-electron chi connectivity index (χ1n) is 5.74. The number of hydrogen-bond donors (Lipinski definition) is 4. The Balaban J connectivity index is 2.37. The number of aliphatic carboxylic acids is 1. The molecule has 108 valence electrons. The number of carbonyl (C=O) groups is 3. The van der Waals surface area contributed by atoms with Crippen molar-refractivity contribution in [3.8, 4) is 0 Å². The number of hydrogen-bond acceptors (Lipinski definition) is 5. The Bertz CT molecular complexity index is 501. The number of carboxylic acid groups (broad SMARTS) is 1. The predicted molar refractivity (Wildman–Crippen MR) is 67.8 cm³/mol. The molecular weight excluding hydrogens is 266 g/mol. The maximum Gasteiger partial charge on any atom is 0.337 e. The fraction of sp³-hybridized carbons (Fsp3) is 0.333. The van der Waals surface area contributed by atoms with Crippen molar-refractivity contribution in [1.82, 2.24) is 15.6 Å². The molecule has 0 bridgehead atoms. The Labute approximate surface area is 114 Å². The standard InChI is InChI=1S/C12H15N3O5/c1-12(20,11(18)19)7-15-9(16)6-14-10(17)8-4-2-3-5-13-8/h2-5,20H,6-7H2,1H3,(H,14,17)(H,15,16)(H,18,19). The van der Waals surface area contributed by atoms with Gasteiger partial charge in [-0.1, -0.05) is 6.07 Å². The van der Waals surface area contributed by atoms with Crippen molar-refractivity contribution in [2.24, 2.45) is 0 Å². The molecule has 1 unspecified atom stereocenters. The van der Waals surface area contributed by atoms with Crippen molar-refractivity contribution < 1.29 is 24.6 Å². The Kier molecular flexibility index (Phi) is 5.15. The number of amides is 2. The fourth-order valence-corrected chi connectivity index (χ4v) is 1.16. The van der Waals surface area contributed by atoms with E-state index in [2.05, 4.69) is 15.6 Å². The summed E-state index contributed by atoms with van der Waals surface area (Å²) < 4.78 is 0. The molecule has 0 aliphatic carbocycles. The molecule has 8 nitrogen and oxygen atoms in total. The van der Waals surface area contributed by atoms with Crippen LogP contribution in [0.5, 0.6) is 0 Å². The largest absolute Gasteiger partial charge is 0.479 e. The zero-order chi connectivity index (χ0) is 15.2. The first-order chi connectivity index (χ1) is 9.33. The Morgan fingerprint density at radius 3 is 2.55 bits per heavy atom. The Hall–Kier alpha value is -2.48. The second kappa shape index (κ2) is 6.62. The van der Waals surface area contributed by atoms with Gasteiger partial charge in [-0.25, -0.2) is 4.79 Å². The minimum Gasteiger partial charge on any atom is -0.479 e. The van der Waals surface area contributed by atoms with Gasteiger partial charge in [0, 0.05) is 6.20 Å². The monoisotopic (exact) mass is 281 g/mol. The van der Waals surface area contributed by atoms with E-state index < -0.39 is 29.9 Å². The number of rotatable bonds is 6. The maximum atomic E-state index is 11.6. The highest BCUT2D eigenvalue weighted by Crippen LogP contribution is 2.00. The topological polar surface area (TPSA) is 129 Å². The van der Waals surface area contributed by atoms with E-state index in [1.54, 1.807) is 12.1 Å². The zero-order valence-corrected chi connectivity index (χ0v) is 10.8. The molecule has 20 heavy (non-hydrogen) atoms. The van der Waals surface area contributed by atoms with Gasteiger partial charge in [0.2, 0.25) is 5.91 Å². The van der Waals surface area contributed by atoms with Crippen molar-refractivity contribution in [1.29, 1.82) is 0 Å². The van der Waals surface area contributed by atoms with E-state index in [0.29, 0.717) is 0 Å². The van der Waals surface area contributed by atoms with Crippen LogP contribution in [0, 0.1) is 0 Å². The zero-order valence-electron chi connectivity index (χ0n) is 10.8. The highest BCUT2D eigenvalue weighted by atomic mass is 16.4. The molecular formula is C12H15N3O5. The summed E-state index contributed by atoms with van der Waals surface area (Å²) in [5.74, 6) is -2.59. The van der Waals surface area contributed by atoms with E-state index in [0.717, 1.165) is 6.92 Å². The number of aliphatic hydroxyl groups is 1. The highest BCUT2D eigenvalue weighted by molar-refractivity contribution is 5.94. The normalized spacial score (nSPS) is 13.1. The third kappa shape index (κ3) is 4.65. The van der Waals surface area contributed by atoms with Crippen molar-refractivity contribution in [2.45, 2.75) is 12.5 Å². The fourth-order valence-electron chi connectivity index (χ4n) is 1.16. The van der Waals surface area contributed by atoms with E-state index >= 15 is 0 Å². The molecule has 0 radical (unpaired) electrons. The van der Waals surface area contributed by atoms with Crippen LogP contribution in [0.2, 0.25) is 0 Å². The molecule has 0 saturated heterocycles. The second-order valence-corrected chi connectivity index (χ2v) is 4.25. The van der Waals surface area contributed by atoms with E-state index in [9.17, 15) is 19.5 Å². The third-order valence-electron chi connectivity index (χ3n) is 2.40. The number of carboxylic acids is 1. The first-order valence-corrected chi connectivity index (χ1v) is 5.74. The minimum absolute atomic E-state index is 0.165. The van der Waals surface area contributed by atoms with Gasteiger partial charge in [-0.15, -0.1) is 0 Å². The van der Waals surface area contributed by atoms with Crippen molar-refractivity contribution >= 4 is 17.8 Å². The molecule has 0 aliphatic rings. The van der Waals surface area contributed by atoms with Crippen LogP contribution in [0.15, 0.2) is 24.4 Å². The predicted octanol–water partition coefficient (Wildman–Crippen LogP) is -1.24. The van der Waals surface area contributed by atoms with Gasteiger partial charge in [0.15, 0.2) is 5.60 Å². The average Bonchev–Trinajstić information content (AvgIpc) is 2.43. The van der Waals surface area contributed by atoms with Crippen LogP contribution >= 0.6 is 0 Å². The summed E-state index contributed by atoms with van der Waals surface area (Å²) in [5.41, 5.74) is -1.89. The molecule has 4 N–H and O–H groups in total. The van der Waals surface area contributed by atoms with Crippen molar-refractivity contribution in [3.05, 3.63) is 30.1 Å². The highest BCUT2D eigenvalue weighted by Gasteiger charge is 2.30. The van der Waals surface area contributed by atoms with E-state index in [1.165, 1.54) is 12.3 Å². The van der Waals surface area contributed by atoms with Crippen LogP contribution in [-0.4, -0.2) is 51.7 Å². The maximum absolute atomic E-state index is 11.6. The summed E-state index contributed by atoms with van der Waals surface area (Å²) in [4.78, 5) is 37.4. The van der Waals surface area contributed by atoms with Gasteiger partial charge < -0.3 is 20.8 Å². The molecule has 1 rings (SSSR count). The van der Waals surface area contributed by atoms with Gasteiger partial charge in [0.05, 0.1) is 13.1 Å². The second-order valence-electron chi connectivity index (χ2n) is 4.25. The molecule has 0 saturated carbocycles. The lowest BCUT2D eigenvalue weighted by Gasteiger charge is -2.18. The van der Waals surface area contributed by atoms with E-state index in [4.69, 9.17) is 5.11 Å². The molecule has 0 fully saturated rings. The average molecular weight is 281 g/mol. The number of aromatic nitrogens is 1. The number of pyridine rings is 1. The SMILES string of the molecule is CC(O)(CNC(=O)CNC(=O)c1ccccn1)C(=O)O. The molecule has 0 spiro atoms. The van der Waals surface area contributed by atoms with Crippen LogP contribution in [0.4, 0.5) is 0 Å². The Morgan fingerprint density at radius 1 is 1.30 bits per heavy atom. The van der Waals surface area contributed by atoms with Gasteiger partial charge in [-0.2, -0.15) is 0 Å². The summed E-state index contributed by atoms with van der Waals surface area (Å²) in [6.45, 7) is 0.258. The smallest absolute Gasteiger partial charge is 0.337 e. The minimum atomic E-state index is -2.05. The summed E-state index contributed by atoms with van der Waals surface area (Å²) >= 11 is 0. The van der Waals surface area contributed by atoms with Crippen molar-refractivity contribution in [3.63, 3.8) is 0 Å². The number of carbonyl (C=O) groups excluding carboxylic acids is 2. The van der Waals surface area contributed by atoms with Crippen LogP contribution in [-0.2, 0) is 9.59 Å². The molecule has 0 aromatic carbocycles. The van der Waals surface area contributed by atoms with Gasteiger partial charge in [-0.05, 0) is 19.1 Å². The number of nitrogens with zero attached hydrogens (tertiary/aromatic N) is 1. The number of nitrogens with one attached hydrogen (secondary N) is 2. The third-order valence-corrected chi connectivity index (χ3v) is 2.40. The lowest BCUT2D eigenvalue weighted by atomic mass is 10.1. The van der Waals surface area contributed by atoms with Gasteiger partial charge >= 0.3 is 5.97 Å². The Morgan fingerprint density at radius 2 is 2.00 bits per heavy atom. The molecule has 1 heterocycles. The summed E-state index contributed by atoms with van der Waals surface area (Å²) in [6.07, 6.45) is 1.44. The molecule has 1 aromatic rings. The molecule has 0 aliphatic heterocycles. The van der Waals surface area contributed by atoms with Crippen molar-refractivity contribution in [2.75, 3.05) is 13.1 Å². The van der Waals surface area contributed by atoms with Crippen LogP contribution < -0.4 is 10.6 Å². The summed E-state index contributed by atoms with van der Waals surface area (Å²) in [5, 5.41) is 22.6. The lowest BCUT2D eigenvalue weighted by molar-refractivity contribution is -0.156. The van der Waals surface area contributed by atoms with E-state index in [-0.39, 0.29) is 12.2 Å². The quantitative estimate of drug-likeness (QED) is 0.516. The van der Waals surface area contributed by atoms with Gasteiger partial charge in [0.25, 0.3) is 5.91 Å². The molecule has 2 amide bonds. The van der Waals surface area contributed by atoms with Crippen LogP contribution in [0.3, 0.4) is 0 Å². The van der Waals surface area contributed by atoms with Gasteiger partial charge in [-0.3, -0.25) is 14.6 Å². The summed E-state index contributed by atoms with van der Waals surface area (Å²) in [7, 11) is 0. The van der Waals surface area contributed by atoms with Gasteiger partial charge in [0.1, 0.15) is 5.69 Å². The first kappa shape index (κ1) is 15.6. The van der Waals surface area contributed by atoms with E-state index in [1.807, 2.05) is 0 Å². The molecule has 1 atom stereocenters. The molecule has 1 aromatic heterocycles. The van der Waals surface area contributed by atoms with Crippen LogP contribution in [0.1, 0.15) is 17.4 Å². The molecule has 8 heteroatoms. The summed E-state index contributed by atoms with van der Waals surface area (Å²) in [6, 6.07) is 4.77. The lowest BCUT2D eigenvalue weighted by Crippen LogP contribution is -2.48. The van der Waals surface area contributed by atoms with Crippen LogP contribution in [0.25, 0.3) is 0 Å².